The largest absolute Gasteiger partial charge is 0.493 e. The van der Waals surface area contributed by atoms with Gasteiger partial charge in [-0.05, 0) is 54.1 Å². The molecule has 0 radical (unpaired) electrons. The molecular formula is C22H23NO5. The third-order valence-electron chi connectivity index (χ3n) is 5.50. The Bertz CT molecular complexity index is 1150. The summed E-state index contributed by atoms with van der Waals surface area (Å²) in [5.41, 5.74) is 3.98. The number of fused-ring (bicyclic) bond motifs is 4. The van der Waals surface area contributed by atoms with Crippen LogP contribution in [0.1, 0.15) is 11.1 Å². The van der Waals surface area contributed by atoms with Gasteiger partial charge in [-0.3, -0.25) is 4.79 Å². The van der Waals surface area contributed by atoms with Crippen molar-refractivity contribution in [3.8, 4) is 34.3 Å². The summed E-state index contributed by atoms with van der Waals surface area (Å²) in [6.45, 7) is 2.62. The number of aryl methyl sites for hydroxylation is 2. The molecule has 0 bridgehead atoms. The van der Waals surface area contributed by atoms with E-state index in [2.05, 4.69) is 0 Å². The van der Waals surface area contributed by atoms with Crippen molar-refractivity contribution in [3.63, 3.8) is 0 Å². The van der Waals surface area contributed by atoms with Gasteiger partial charge in [-0.2, -0.15) is 0 Å². The maximum absolute atomic E-state index is 13.4. The molecule has 3 aromatic rings. The van der Waals surface area contributed by atoms with E-state index < -0.39 is 0 Å². The molecule has 2 aromatic carbocycles. The molecule has 1 aliphatic rings. The first kappa shape index (κ1) is 18.2. The fourth-order valence-corrected chi connectivity index (χ4v) is 4.16. The molecule has 0 N–H and O–H groups in total. The highest BCUT2D eigenvalue weighted by Crippen LogP contribution is 2.42. The van der Waals surface area contributed by atoms with E-state index in [9.17, 15) is 4.79 Å². The number of aromatic nitrogens is 1. The van der Waals surface area contributed by atoms with Crippen LogP contribution in [0.15, 0.2) is 29.1 Å². The van der Waals surface area contributed by atoms with Crippen LogP contribution in [0.2, 0.25) is 0 Å². The van der Waals surface area contributed by atoms with Gasteiger partial charge in [-0.1, -0.05) is 0 Å². The molecule has 146 valence electrons. The Morgan fingerprint density at radius 3 is 2.21 bits per heavy atom. The standard InChI is InChI=1S/C22H23NO5/c1-12-14-6-7-16(25-2)21(28-5)19(14)22(24)23-9-8-13-10-17(26-3)18(27-4)11-15(13)20(12)23/h6-7,10-11H,8-9H2,1-5H3. The summed E-state index contributed by atoms with van der Waals surface area (Å²) in [7, 11) is 6.37. The highest BCUT2D eigenvalue weighted by atomic mass is 16.5. The van der Waals surface area contributed by atoms with Gasteiger partial charge in [0, 0.05) is 12.1 Å². The summed E-state index contributed by atoms with van der Waals surface area (Å²) >= 11 is 0. The van der Waals surface area contributed by atoms with Crippen LogP contribution in [0.5, 0.6) is 23.0 Å². The normalized spacial score (nSPS) is 12.3. The van der Waals surface area contributed by atoms with E-state index >= 15 is 0 Å². The molecule has 0 spiro atoms. The lowest BCUT2D eigenvalue weighted by molar-refractivity contribution is 0.354. The van der Waals surface area contributed by atoms with Gasteiger partial charge < -0.3 is 23.5 Å². The molecule has 0 aliphatic carbocycles. The van der Waals surface area contributed by atoms with Gasteiger partial charge in [0.15, 0.2) is 23.0 Å². The number of nitrogens with zero attached hydrogens (tertiary/aromatic N) is 1. The number of methoxy groups -OCH3 is 4. The fourth-order valence-electron chi connectivity index (χ4n) is 4.16. The zero-order valence-electron chi connectivity index (χ0n) is 16.7. The van der Waals surface area contributed by atoms with Gasteiger partial charge in [-0.25, -0.2) is 0 Å². The first-order valence-corrected chi connectivity index (χ1v) is 9.09. The minimum absolute atomic E-state index is 0.0771. The third-order valence-corrected chi connectivity index (χ3v) is 5.50. The number of rotatable bonds is 4. The topological polar surface area (TPSA) is 58.9 Å². The molecule has 1 aliphatic heterocycles. The van der Waals surface area contributed by atoms with Crippen molar-refractivity contribution in [1.82, 2.24) is 4.57 Å². The highest BCUT2D eigenvalue weighted by Gasteiger charge is 2.26. The number of benzene rings is 2. The molecule has 6 heteroatoms. The number of hydrogen-bond donors (Lipinski definition) is 0. The van der Waals surface area contributed by atoms with E-state index in [1.165, 1.54) is 0 Å². The van der Waals surface area contributed by atoms with Crippen molar-refractivity contribution in [2.24, 2.45) is 0 Å². The number of pyridine rings is 1. The SMILES string of the molecule is COc1cc2c(cc1OC)-c1c(C)c3ccc(OC)c(OC)c3c(=O)n1CC2. The molecule has 2 heterocycles. The second-order valence-electron chi connectivity index (χ2n) is 6.77. The van der Waals surface area contributed by atoms with Gasteiger partial charge in [-0.15, -0.1) is 0 Å². The van der Waals surface area contributed by atoms with Crippen LogP contribution in [0.4, 0.5) is 0 Å². The molecule has 0 fully saturated rings. The highest BCUT2D eigenvalue weighted by molar-refractivity contribution is 5.96. The lowest BCUT2D eigenvalue weighted by Gasteiger charge is -2.26. The Balaban J connectivity index is 2.11. The molecule has 4 rings (SSSR count). The molecule has 0 unspecified atom stereocenters. The minimum atomic E-state index is -0.0771. The number of hydrogen-bond acceptors (Lipinski definition) is 5. The van der Waals surface area contributed by atoms with Gasteiger partial charge in [0.05, 0.1) is 39.5 Å². The predicted molar refractivity (Wildman–Crippen MR) is 108 cm³/mol. The van der Waals surface area contributed by atoms with Crippen LogP contribution in [-0.4, -0.2) is 33.0 Å². The second-order valence-corrected chi connectivity index (χ2v) is 6.77. The summed E-state index contributed by atoms with van der Waals surface area (Å²) < 4.78 is 23.7. The van der Waals surface area contributed by atoms with Crippen molar-refractivity contribution in [2.75, 3.05) is 28.4 Å². The average Bonchev–Trinajstić information content (AvgIpc) is 2.74. The van der Waals surface area contributed by atoms with Crippen molar-refractivity contribution in [2.45, 2.75) is 19.9 Å². The van der Waals surface area contributed by atoms with Crippen LogP contribution in [0, 0.1) is 6.92 Å². The fraction of sp³-hybridized carbons (Fsp3) is 0.318. The molecule has 6 nitrogen and oxygen atoms in total. The van der Waals surface area contributed by atoms with Gasteiger partial charge in [0.25, 0.3) is 5.56 Å². The average molecular weight is 381 g/mol. The maximum Gasteiger partial charge on any atom is 0.262 e. The first-order valence-electron chi connectivity index (χ1n) is 9.09. The number of ether oxygens (including phenoxy) is 4. The molecule has 1 aromatic heterocycles. The minimum Gasteiger partial charge on any atom is -0.493 e. The Hall–Kier alpha value is -3.15. The van der Waals surface area contributed by atoms with Crippen LogP contribution < -0.4 is 24.5 Å². The monoisotopic (exact) mass is 381 g/mol. The van der Waals surface area contributed by atoms with Gasteiger partial charge in [0.2, 0.25) is 0 Å². The van der Waals surface area contributed by atoms with E-state index in [-0.39, 0.29) is 5.56 Å². The summed E-state index contributed by atoms with van der Waals surface area (Å²) in [5, 5.41) is 1.41. The lowest BCUT2D eigenvalue weighted by atomic mass is 9.91. The van der Waals surface area contributed by atoms with Crippen LogP contribution in [-0.2, 0) is 13.0 Å². The Labute approximate surface area is 163 Å². The second kappa shape index (κ2) is 6.78. The molecule has 28 heavy (non-hydrogen) atoms. The summed E-state index contributed by atoms with van der Waals surface area (Å²) in [4.78, 5) is 13.4. The van der Waals surface area contributed by atoms with Crippen LogP contribution >= 0.6 is 0 Å². The van der Waals surface area contributed by atoms with Crippen LogP contribution in [0.25, 0.3) is 22.0 Å². The summed E-state index contributed by atoms with van der Waals surface area (Å²) in [5.74, 6) is 2.37. The van der Waals surface area contributed by atoms with E-state index in [4.69, 9.17) is 18.9 Å². The Morgan fingerprint density at radius 2 is 1.57 bits per heavy atom. The van der Waals surface area contributed by atoms with Crippen LogP contribution in [0.3, 0.4) is 0 Å². The summed E-state index contributed by atoms with van der Waals surface area (Å²) in [6.07, 6.45) is 0.736. The molecule has 0 atom stereocenters. The van der Waals surface area contributed by atoms with Gasteiger partial charge >= 0.3 is 0 Å². The Kier molecular flexibility index (Phi) is 4.41. The smallest absolute Gasteiger partial charge is 0.262 e. The van der Waals surface area contributed by atoms with E-state index in [1.807, 2.05) is 35.8 Å². The molecule has 0 amide bonds. The van der Waals surface area contributed by atoms with Gasteiger partial charge in [0.1, 0.15) is 0 Å². The maximum atomic E-state index is 13.4. The van der Waals surface area contributed by atoms with E-state index in [0.29, 0.717) is 34.9 Å². The molecule has 0 saturated heterocycles. The van der Waals surface area contributed by atoms with Crippen molar-refractivity contribution in [1.29, 1.82) is 0 Å². The lowest BCUT2D eigenvalue weighted by Crippen LogP contribution is -2.27. The quantitative estimate of drug-likeness (QED) is 0.692. The first-order chi connectivity index (χ1) is 13.5. The zero-order chi connectivity index (χ0) is 20.0. The Morgan fingerprint density at radius 1 is 0.893 bits per heavy atom. The summed E-state index contributed by atoms with van der Waals surface area (Å²) in [6, 6.07) is 7.71. The predicted octanol–water partition coefficient (Wildman–Crippen LogP) is 3.57. The van der Waals surface area contributed by atoms with E-state index in [0.717, 1.165) is 34.2 Å². The zero-order valence-corrected chi connectivity index (χ0v) is 16.7. The van der Waals surface area contributed by atoms with Crippen molar-refractivity contribution >= 4 is 10.8 Å². The molecular weight excluding hydrogens is 358 g/mol. The van der Waals surface area contributed by atoms with Crippen molar-refractivity contribution < 1.29 is 18.9 Å². The van der Waals surface area contributed by atoms with Crippen molar-refractivity contribution in [3.05, 3.63) is 45.7 Å². The van der Waals surface area contributed by atoms with E-state index in [1.54, 1.807) is 28.4 Å². The molecule has 0 saturated carbocycles. The third kappa shape index (κ3) is 2.44.